The zero-order valence-corrected chi connectivity index (χ0v) is 49.2. The molecule has 2 atom stereocenters. The summed E-state index contributed by atoms with van der Waals surface area (Å²) < 4.78 is 123. The molecule has 3 aromatic heterocycles. The zero-order chi connectivity index (χ0) is 57.0. The molecule has 0 spiro atoms. The quantitative estimate of drug-likeness (QED) is 0.0275. The van der Waals surface area contributed by atoms with Gasteiger partial charge in [0.15, 0.2) is 23.3 Å². The first-order valence-electron chi connectivity index (χ1n) is 27.7. The van der Waals surface area contributed by atoms with Gasteiger partial charge < -0.3 is 9.97 Å². The minimum Gasteiger partial charge on any atom is -0.324 e. The molecule has 6 N–H and O–H groups in total. The molecular formula is C56H70N12O8S4. The van der Waals surface area contributed by atoms with Crippen LogP contribution in [0.15, 0.2) is 92.4 Å². The third-order valence-corrected chi connectivity index (χ3v) is 20.6. The van der Waals surface area contributed by atoms with E-state index in [9.17, 15) is 33.7 Å². The number of H-pyrrole nitrogens is 2. The van der Waals surface area contributed by atoms with Crippen molar-refractivity contribution in [2.45, 2.75) is 138 Å². The van der Waals surface area contributed by atoms with Crippen LogP contribution in [0.4, 0.5) is 0 Å². The van der Waals surface area contributed by atoms with Crippen molar-refractivity contribution in [1.82, 2.24) is 58.8 Å². The molecule has 5 heterocycles. The number of hydrogen-bond acceptors (Lipinski definition) is 14. The van der Waals surface area contributed by atoms with E-state index in [2.05, 4.69) is 42.7 Å². The highest BCUT2D eigenvalue weighted by Gasteiger charge is 2.28. The van der Waals surface area contributed by atoms with E-state index in [0.29, 0.717) is 56.6 Å². The van der Waals surface area contributed by atoms with Crippen LogP contribution in [0.3, 0.4) is 0 Å². The SMILES string of the molecule is CCCCNS(=O)(=O)c1ccc2c3nc4nc(nc5[nH]c(nc6nc(nc([nH]3)c2c1)-c1ccc(S(=O)(=O)NCC(CC)CCCC)cc1-6)c1ccc(S(=O)(=O)NCCCC)cc51)-c1ccc(S(=O)(=O)NCC(CC)CCCC)cc1-4. The van der Waals surface area contributed by atoms with Crippen LogP contribution in [0.25, 0.3) is 89.7 Å². The van der Waals surface area contributed by atoms with Crippen LogP contribution in [-0.2, 0) is 40.1 Å². The number of benzene rings is 4. The second kappa shape index (κ2) is 24.5. The van der Waals surface area contributed by atoms with Crippen LogP contribution in [0, 0.1) is 11.8 Å². The van der Waals surface area contributed by atoms with Crippen molar-refractivity contribution in [1.29, 1.82) is 0 Å². The maximum absolute atomic E-state index is 14.1. The van der Waals surface area contributed by atoms with Crippen LogP contribution >= 0.6 is 0 Å². The summed E-state index contributed by atoms with van der Waals surface area (Å²) in [6.07, 6.45) is 10.1. The second-order valence-corrected chi connectivity index (χ2v) is 27.5. The fraction of sp³-hybridized carbons (Fsp3) is 0.429. The van der Waals surface area contributed by atoms with Gasteiger partial charge in [0.2, 0.25) is 40.1 Å². The molecule has 0 amide bonds. The van der Waals surface area contributed by atoms with Crippen molar-refractivity contribution in [3.63, 3.8) is 0 Å². The summed E-state index contributed by atoms with van der Waals surface area (Å²) in [6.45, 7) is 13.2. The predicted molar refractivity (Wildman–Crippen MR) is 313 cm³/mol. The summed E-state index contributed by atoms with van der Waals surface area (Å²) in [4.78, 5) is 36.5. The molecule has 80 heavy (non-hydrogen) atoms. The number of sulfonamides is 4. The largest absolute Gasteiger partial charge is 0.324 e. The third-order valence-electron chi connectivity index (χ3n) is 14.8. The Morgan fingerprint density at radius 2 is 0.700 bits per heavy atom. The zero-order valence-electron chi connectivity index (χ0n) is 46.0. The highest BCUT2D eigenvalue weighted by molar-refractivity contribution is 7.90. The van der Waals surface area contributed by atoms with Crippen molar-refractivity contribution in [3.05, 3.63) is 72.8 Å². The van der Waals surface area contributed by atoms with Crippen molar-refractivity contribution >= 4 is 84.2 Å². The van der Waals surface area contributed by atoms with Gasteiger partial charge in [-0.1, -0.05) is 92.9 Å². The van der Waals surface area contributed by atoms with E-state index in [4.69, 9.17) is 29.9 Å². The maximum atomic E-state index is 14.1. The topological polar surface area (TPSA) is 294 Å². The number of hydrogen-bond donors (Lipinski definition) is 6. The maximum Gasteiger partial charge on any atom is 0.240 e. The monoisotopic (exact) mass is 1170 g/mol. The Morgan fingerprint density at radius 1 is 0.375 bits per heavy atom. The van der Waals surface area contributed by atoms with E-state index in [0.717, 1.165) is 64.2 Å². The molecule has 0 saturated carbocycles. The smallest absolute Gasteiger partial charge is 0.240 e. The molecule has 0 radical (unpaired) electrons. The molecule has 20 nitrogen and oxygen atoms in total. The van der Waals surface area contributed by atoms with Gasteiger partial charge in [-0.25, -0.2) is 82.5 Å². The highest BCUT2D eigenvalue weighted by Crippen LogP contribution is 2.39. The first-order valence-corrected chi connectivity index (χ1v) is 33.6. The molecule has 9 rings (SSSR count). The lowest BCUT2D eigenvalue weighted by atomic mass is 10.00. The van der Waals surface area contributed by atoms with Crippen molar-refractivity contribution < 1.29 is 33.7 Å². The number of fused-ring (bicyclic) bond motifs is 20. The number of nitrogens with one attached hydrogen (secondary N) is 6. The Labute approximate surface area is 468 Å². The van der Waals surface area contributed by atoms with E-state index in [-0.39, 0.29) is 103 Å². The summed E-state index contributed by atoms with van der Waals surface area (Å²) in [5.74, 6) is 0.610. The summed E-state index contributed by atoms with van der Waals surface area (Å²) >= 11 is 0. The van der Waals surface area contributed by atoms with Crippen molar-refractivity contribution in [3.8, 4) is 45.6 Å². The Hall–Kier alpha value is -6.12. The van der Waals surface area contributed by atoms with Gasteiger partial charge in [0.25, 0.3) is 0 Å². The lowest BCUT2D eigenvalue weighted by Gasteiger charge is -2.15. The minimum atomic E-state index is -4.06. The fourth-order valence-corrected chi connectivity index (χ4v) is 14.3. The minimum absolute atomic E-state index is 0.0282. The number of unbranched alkanes of at least 4 members (excludes halogenated alkanes) is 4. The standard InChI is InChI=1S/C56H70N12O8S4/c1-7-13-17-35(11-5)33-59-79(73,74)39-21-25-43-47(31-39)55-65-49-41-23-19-37(77(69,70)57-27-15-9-3)29-45(41)54(61-49)64-52-44-26-22-40(80(75,76)60-34-36(12-6)18-14-8-2)32-48(44)56(68-52)66-50-42-24-20-38(78(71,72)58-28-16-10-4)30-46(42)53(62-50)63-51(43)67-55/h19-26,29-32,35-36,57-60H,7-18,27-28,33-34H2,1-6H3,(H2,61,62,63,64,65,66,67,68). The number of aromatic amines is 2. The van der Waals surface area contributed by atoms with Gasteiger partial charge in [0.1, 0.15) is 22.6 Å². The first kappa shape index (κ1) is 58.5. The molecule has 0 saturated heterocycles. The van der Waals surface area contributed by atoms with Gasteiger partial charge in [0.05, 0.1) is 19.6 Å². The van der Waals surface area contributed by atoms with E-state index in [1.165, 1.54) is 48.5 Å². The molecule has 7 aromatic rings. The van der Waals surface area contributed by atoms with Crippen molar-refractivity contribution in [2.75, 3.05) is 26.2 Å². The summed E-state index contributed by atoms with van der Waals surface area (Å²) in [6, 6.07) is 18.3. The van der Waals surface area contributed by atoms with Crippen LogP contribution in [0.2, 0.25) is 0 Å². The number of aromatic nitrogens is 8. The van der Waals surface area contributed by atoms with Crippen LogP contribution < -0.4 is 18.9 Å². The lowest BCUT2D eigenvalue weighted by molar-refractivity contribution is 0.443. The molecular weight excluding hydrogens is 1100 g/mol. The third kappa shape index (κ3) is 12.5. The van der Waals surface area contributed by atoms with E-state index >= 15 is 0 Å². The molecule has 2 aliphatic heterocycles. The van der Waals surface area contributed by atoms with E-state index in [1.54, 1.807) is 24.3 Å². The molecule has 2 unspecified atom stereocenters. The molecule has 4 aromatic carbocycles. The Morgan fingerprint density at radius 3 is 1.06 bits per heavy atom. The van der Waals surface area contributed by atoms with E-state index in [1.807, 2.05) is 27.7 Å². The van der Waals surface area contributed by atoms with Crippen molar-refractivity contribution in [2.24, 2.45) is 11.8 Å². The van der Waals surface area contributed by atoms with Crippen LogP contribution in [-0.4, -0.2) is 99.7 Å². The molecule has 0 fully saturated rings. The number of nitrogens with zero attached hydrogens (tertiary/aromatic N) is 6. The Balaban J connectivity index is 1.32. The van der Waals surface area contributed by atoms with Gasteiger partial charge in [-0.05, 0) is 110 Å². The average Bonchev–Trinajstić information content (AvgIpc) is 4.31. The fourth-order valence-electron chi connectivity index (χ4n) is 9.82. The summed E-state index contributed by atoms with van der Waals surface area (Å²) in [7, 11) is -16.1. The van der Waals surface area contributed by atoms with Gasteiger partial charge in [-0.3, -0.25) is 0 Å². The molecule has 426 valence electrons. The predicted octanol–water partition coefficient (Wildman–Crippen LogP) is 10.0. The Kier molecular flexibility index (Phi) is 18.0. The second-order valence-electron chi connectivity index (χ2n) is 20.5. The summed E-state index contributed by atoms with van der Waals surface area (Å²) in [5.41, 5.74) is 2.13. The molecule has 0 aliphatic carbocycles. The molecule has 24 heteroatoms. The van der Waals surface area contributed by atoms with Gasteiger partial charge in [-0.15, -0.1) is 0 Å². The molecule has 2 aliphatic rings. The number of rotatable bonds is 26. The van der Waals surface area contributed by atoms with E-state index < -0.39 is 40.1 Å². The first-order chi connectivity index (χ1) is 38.3. The molecule has 8 bridgehead atoms. The average molecular weight is 1170 g/mol. The van der Waals surface area contributed by atoms with Gasteiger partial charge in [0, 0.05) is 70.0 Å². The summed E-state index contributed by atoms with van der Waals surface area (Å²) in [5, 5.41) is 1.55. The van der Waals surface area contributed by atoms with Gasteiger partial charge in [-0.2, -0.15) is 0 Å². The normalized spacial score (nSPS) is 13.7. The lowest BCUT2D eigenvalue weighted by Crippen LogP contribution is -2.29. The highest BCUT2D eigenvalue weighted by atomic mass is 32.2. The van der Waals surface area contributed by atoms with Gasteiger partial charge >= 0.3 is 0 Å². The van der Waals surface area contributed by atoms with Crippen LogP contribution in [0.5, 0.6) is 0 Å². The Bertz CT molecular complexity index is 3850. The van der Waals surface area contributed by atoms with Crippen LogP contribution in [0.1, 0.15) is 119 Å².